The summed E-state index contributed by atoms with van der Waals surface area (Å²) in [4.78, 5) is 22.5. The van der Waals surface area contributed by atoms with Gasteiger partial charge in [0.2, 0.25) is 0 Å². The SMILES string of the molecule is CC(C#N)n1ncn(-c2ccc(N3CCN(c4ccc(SCC5CCC(Cn6cncn6)(c6ccc(F)cc6F)O5)cc4)CC3)cc2)c1=O. The quantitative estimate of drug-likeness (QED) is 0.184. The fraction of sp³-hybridized carbons (Fsp3) is 0.343. The molecule has 3 unspecified atom stereocenters. The van der Waals surface area contributed by atoms with Crippen LogP contribution in [0.15, 0.2) is 95.4 Å². The summed E-state index contributed by atoms with van der Waals surface area (Å²) in [5.41, 5.74) is 2.00. The normalized spacial score (nSPS) is 20.0. The molecule has 0 aliphatic carbocycles. The predicted molar refractivity (Wildman–Crippen MR) is 182 cm³/mol. The van der Waals surface area contributed by atoms with Gasteiger partial charge in [-0.25, -0.2) is 27.8 Å². The van der Waals surface area contributed by atoms with Crippen molar-refractivity contribution in [1.29, 1.82) is 5.26 Å². The van der Waals surface area contributed by atoms with Crippen molar-refractivity contribution in [1.82, 2.24) is 29.1 Å². The number of hydrogen-bond acceptors (Lipinski definition) is 9. The molecule has 252 valence electrons. The molecule has 11 nitrogen and oxygen atoms in total. The zero-order valence-electron chi connectivity index (χ0n) is 26.9. The smallest absolute Gasteiger partial charge is 0.351 e. The summed E-state index contributed by atoms with van der Waals surface area (Å²) in [5, 5.41) is 17.4. The van der Waals surface area contributed by atoms with Crippen LogP contribution in [0.4, 0.5) is 20.2 Å². The molecule has 0 radical (unpaired) electrons. The van der Waals surface area contributed by atoms with Crippen molar-refractivity contribution < 1.29 is 13.5 Å². The summed E-state index contributed by atoms with van der Waals surface area (Å²) in [6.45, 7) is 5.39. The minimum absolute atomic E-state index is 0.106. The topological polar surface area (TPSA) is 110 Å². The monoisotopic (exact) mass is 683 g/mol. The second-order valence-electron chi connectivity index (χ2n) is 12.3. The van der Waals surface area contributed by atoms with Crippen LogP contribution < -0.4 is 15.5 Å². The van der Waals surface area contributed by atoms with Gasteiger partial charge in [0.05, 0.1) is 24.4 Å². The summed E-state index contributed by atoms with van der Waals surface area (Å²) in [5.74, 6) is -0.532. The van der Waals surface area contributed by atoms with Crippen molar-refractivity contribution in [2.24, 2.45) is 0 Å². The van der Waals surface area contributed by atoms with Gasteiger partial charge in [0.25, 0.3) is 0 Å². The van der Waals surface area contributed by atoms with Gasteiger partial charge in [-0.3, -0.25) is 0 Å². The number of hydrogen-bond donors (Lipinski definition) is 0. The summed E-state index contributed by atoms with van der Waals surface area (Å²) >= 11 is 1.70. The molecule has 0 spiro atoms. The third-order valence-corrected chi connectivity index (χ3v) is 10.4. The van der Waals surface area contributed by atoms with E-state index in [1.807, 2.05) is 30.3 Å². The Morgan fingerprint density at radius 1 is 0.959 bits per heavy atom. The van der Waals surface area contributed by atoms with E-state index in [0.717, 1.165) is 54.9 Å². The number of nitrogens with zero attached hydrogens (tertiary/aromatic N) is 9. The number of benzene rings is 3. The van der Waals surface area contributed by atoms with Crippen molar-refractivity contribution >= 4 is 23.1 Å². The molecule has 3 aromatic carbocycles. The van der Waals surface area contributed by atoms with Crippen molar-refractivity contribution in [2.75, 3.05) is 41.7 Å². The van der Waals surface area contributed by atoms with Gasteiger partial charge >= 0.3 is 5.69 Å². The van der Waals surface area contributed by atoms with Crippen LogP contribution in [-0.4, -0.2) is 67.1 Å². The van der Waals surface area contributed by atoms with Crippen LogP contribution in [0.2, 0.25) is 0 Å². The van der Waals surface area contributed by atoms with E-state index in [1.165, 1.54) is 34.0 Å². The van der Waals surface area contributed by atoms with Crippen LogP contribution in [0, 0.1) is 23.0 Å². The van der Waals surface area contributed by atoms with E-state index >= 15 is 0 Å². The first kappa shape index (κ1) is 32.5. The second-order valence-corrected chi connectivity index (χ2v) is 13.4. The number of ether oxygens (including phenoxy) is 1. The van der Waals surface area contributed by atoms with Crippen molar-refractivity contribution in [3.8, 4) is 11.8 Å². The third kappa shape index (κ3) is 6.81. The molecule has 0 N–H and O–H groups in total. The maximum Gasteiger partial charge on any atom is 0.351 e. The summed E-state index contributed by atoms with van der Waals surface area (Å²) in [7, 11) is 0. The van der Waals surface area contributed by atoms with E-state index in [1.54, 1.807) is 29.7 Å². The van der Waals surface area contributed by atoms with E-state index in [2.05, 4.69) is 49.2 Å². The van der Waals surface area contributed by atoms with Crippen LogP contribution >= 0.6 is 11.8 Å². The van der Waals surface area contributed by atoms with Gasteiger partial charge in [0.15, 0.2) is 0 Å². The first-order valence-corrected chi connectivity index (χ1v) is 17.2. The number of halogens is 2. The van der Waals surface area contributed by atoms with Crippen LogP contribution in [0.1, 0.15) is 31.4 Å². The fourth-order valence-electron chi connectivity index (χ4n) is 6.59. The van der Waals surface area contributed by atoms with Gasteiger partial charge in [0, 0.05) is 59.8 Å². The van der Waals surface area contributed by atoms with E-state index < -0.39 is 23.3 Å². The van der Waals surface area contributed by atoms with Crippen LogP contribution in [0.3, 0.4) is 0 Å². The van der Waals surface area contributed by atoms with Gasteiger partial charge in [-0.2, -0.15) is 20.1 Å². The lowest BCUT2D eigenvalue weighted by Gasteiger charge is -2.37. The lowest BCUT2D eigenvalue weighted by molar-refractivity contribution is -0.0530. The van der Waals surface area contributed by atoms with Crippen molar-refractivity contribution in [2.45, 2.75) is 49.0 Å². The van der Waals surface area contributed by atoms with E-state index in [9.17, 15) is 13.6 Å². The average molecular weight is 684 g/mol. The van der Waals surface area contributed by atoms with Crippen molar-refractivity contribution in [3.05, 3.63) is 113 Å². The fourth-order valence-corrected chi connectivity index (χ4v) is 7.53. The Balaban J connectivity index is 0.927. The van der Waals surface area contributed by atoms with E-state index in [-0.39, 0.29) is 11.8 Å². The standard InChI is InChI=1S/C35H35F2N9O2S/c1-25(19-38)46-34(47)45(24-41-46)29-5-3-27(4-6-29)42-14-16-43(17-15-42)28-7-9-31(10-8-28)49-20-30-12-13-35(48-30,21-44-23-39-22-40-44)32-11-2-26(36)18-33(32)37/h2-11,18,22-25,30H,12-17,20-21H2,1H3. The Morgan fingerprint density at radius 3 is 2.27 bits per heavy atom. The highest BCUT2D eigenvalue weighted by Gasteiger charge is 2.44. The number of aromatic nitrogens is 6. The number of nitriles is 1. The Kier molecular flexibility index (Phi) is 9.20. The van der Waals surface area contributed by atoms with Gasteiger partial charge in [-0.1, -0.05) is 6.07 Å². The first-order chi connectivity index (χ1) is 23.8. The Hall–Kier alpha value is -5.00. The number of thioether (sulfide) groups is 1. The van der Waals surface area contributed by atoms with Gasteiger partial charge in [-0.15, -0.1) is 11.8 Å². The predicted octanol–water partition coefficient (Wildman–Crippen LogP) is 5.18. The highest BCUT2D eigenvalue weighted by molar-refractivity contribution is 7.99. The largest absolute Gasteiger partial charge is 0.368 e. The van der Waals surface area contributed by atoms with Crippen LogP contribution in [0.25, 0.3) is 5.69 Å². The molecule has 2 aliphatic rings. The molecular weight excluding hydrogens is 649 g/mol. The Morgan fingerprint density at radius 2 is 1.63 bits per heavy atom. The molecule has 0 saturated carbocycles. The highest BCUT2D eigenvalue weighted by atomic mass is 32.2. The molecule has 0 bridgehead atoms. The molecule has 3 atom stereocenters. The molecule has 49 heavy (non-hydrogen) atoms. The molecule has 2 aliphatic heterocycles. The summed E-state index contributed by atoms with van der Waals surface area (Å²) in [6, 6.07) is 21.4. The number of rotatable bonds is 10. The lowest BCUT2D eigenvalue weighted by atomic mass is 9.90. The molecule has 2 aromatic heterocycles. The molecule has 0 amide bonds. The van der Waals surface area contributed by atoms with Gasteiger partial charge in [-0.05, 0) is 74.4 Å². The second kappa shape index (κ2) is 13.9. The lowest BCUT2D eigenvalue weighted by Crippen LogP contribution is -2.46. The molecule has 14 heteroatoms. The summed E-state index contributed by atoms with van der Waals surface area (Å²) < 4.78 is 39.5. The Bertz CT molecular complexity index is 1990. The molecular formula is C35H35F2N9O2S. The third-order valence-electron chi connectivity index (χ3n) is 9.23. The Labute approximate surface area is 286 Å². The minimum atomic E-state index is -0.953. The average Bonchev–Trinajstić information content (AvgIpc) is 3.88. The maximum absolute atomic E-state index is 15.0. The molecule has 2 saturated heterocycles. The van der Waals surface area contributed by atoms with Gasteiger partial charge in [0.1, 0.15) is 42.3 Å². The van der Waals surface area contributed by atoms with Gasteiger partial charge < -0.3 is 14.5 Å². The molecule has 7 rings (SSSR count). The zero-order chi connectivity index (χ0) is 34.0. The number of piperazine rings is 1. The van der Waals surface area contributed by atoms with Crippen LogP contribution in [0.5, 0.6) is 0 Å². The maximum atomic E-state index is 15.0. The molecule has 4 heterocycles. The van der Waals surface area contributed by atoms with E-state index in [0.29, 0.717) is 30.0 Å². The van der Waals surface area contributed by atoms with E-state index in [4.69, 9.17) is 10.00 Å². The molecule has 5 aromatic rings. The van der Waals surface area contributed by atoms with Crippen molar-refractivity contribution in [3.63, 3.8) is 0 Å². The molecule has 2 fully saturated rings. The number of anilines is 2. The zero-order valence-corrected chi connectivity index (χ0v) is 27.7. The minimum Gasteiger partial charge on any atom is -0.368 e. The first-order valence-electron chi connectivity index (χ1n) is 16.2. The highest BCUT2D eigenvalue weighted by Crippen LogP contribution is 2.43. The summed E-state index contributed by atoms with van der Waals surface area (Å²) in [6.07, 6.45) is 5.69. The van der Waals surface area contributed by atoms with Crippen LogP contribution in [-0.2, 0) is 16.9 Å².